The first kappa shape index (κ1) is 26.0. The first-order chi connectivity index (χ1) is 21.0. The molecule has 1 fully saturated rings. The highest BCUT2D eigenvalue weighted by Gasteiger charge is 2.24. The smallest absolute Gasteiger partial charge is 0.149 e. The molecule has 0 radical (unpaired) electrons. The molecule has 7 aromatic rings. The van der Waals surface area contributed by atoms with E-state index in [9.17, 15) is 0 Å². The highest BCUT2D eigenvalue weighted by atomic mass is 16.3. The molecule has 0 saturated heterocycles. The van der Waals surface area contributed by atoms with Gasteiger partial charge in [0.1, 0.15) is 17.0 Å². The fraction of sp³-hybridized carbons (Fsp3) is 0.225. The average molecular weight is 561 g/mol. The van der Waals surface area contributed by atoms with Crippen molar-refractivity contribution in [1.29, 1.82) is 0 Å². The maximum Gasteiger partial charge on any atom is 0.149 e. The number of imidazole rings is 1. The van der Waals surface area contributed by atoms with E-state index in [1.54, 1.807) is 0 Å². The molecule has 3 nitrogen and oxygen atoms in total. The molecule has 0 unspecified atom stereocenters. The molecule has 0 amide bonds. The predicted molar refractivity (Wildman–Crippen MR) is 179 cm³/mol. The summed E-state index contributed by atoms with van der Waals surface area (Å²) in [6.45, 7) is 6.82. The van der Waals surface area contributed by atoms with Crippen molar-refractivity contribution >= 4 is 33.0 Å². The molecule has 5 aromatic carbocycles. The van der Waals surface area contributed by atoms with E-state index in [1.807, 2.05) is 0 Å². The van der Waals surface area contributed by atoms with Crippen LogP contribution in [0.5, 0.6) is 0 Å². The van der Waals surface area contributed by atoms with Crippen LogP contribution in [0.25, 0.3) is 61.2 Å². The quantitative estimate of drug-likeness (QED) is 0.214. The van der Waals surface area contributed by atoms with Gasteiger partial charge in [0.25, 0.3) is 0 Å². The second-order valence-electron chi connectivity index (χ2n) is 13.1. The summed E-state index contributed by atoms with van der Waals surface area (Å²) in [5.41, 5.74) is 11.1. The summed E-state index contributed by atoms with van der Waals surface area (Å²) in [6.07, 6.45) is 5.20. The molecule has 43 heavy (non-hydrogen) atoms. The van der Waals surface area contributed by atoms with Crippen molar-refractivity contribution in [2.45, 2.75) is 57.8 Å². The van der Waals surface area contributed by atoms with E-state index < -0.39 is 0 Å². The Morgan fingerprint density at radius 3 is 2.33 bits per heavy atom. The van der Waals surface area contributed by atoms with Crippen LogP contribution in [0.2, 0.25) is 0 Å². The molecule has 0 spiro atoms. The van der Waals surface area contributed by atoms with Crippen LogP contribution < -0.4 is 0 Å². The maximum atomic E-state index is 6.75. The molecule has 1 aliphatic carbocycles. The van der Waals surface area contributed by atoms with Crippen molar-refractivity contribution in [3.8, 4) is 28.2 Å². The largest absolute Gasteiger partial charge is 0.455 e. The Hall–Kier alpha value is -4.63. The summed E-state index contributed by atoms with van der Waals surface area (Å²) in [5.74, 6) is 1.54. The zero-order valence-corrected chi connectivity index (χ0v) is 25.1. The van der Waals surface area contributed by atoms with Gasteiger partial charge in [0.2, 0.25) is 0 Å². The van der Waals surface area contributed by atoms with Crippen LogP contribution in [0.3, 0.4) is 0 Å². The van der Waals surface area contributed by atoms with Crippen molar-refractivity contribution in [2.75, 3.05) is 0 Å². The van der Waals surface area contributed by atoms with Gasteiger partial charge in [-0.3, -0.25) is 4.57 Å². The van der Waals surface area contributed by atoms with E-state index in [4.69, 9.17) is 9.40 Å². The highest BCUT2D eigenvalue weighted by molar-refractivity contribution is 6.09. The fourth-order valence-electron chi connectivity index (χ4n) is 7.00. The molecule has 2 aromatic heterocycles. The van der Waals surface area contributed by atoms with Crippen LogP contribution in [0.4, 0.5) is 0 Å². The van der Waals surface area contributed by atoms with Gasteiger partial charge in [-0.15, -0.1) is 0 Å². The average Bonchev–Trinajstić information content (AvgIpc) is 3.78. The van der Waals surface area contributed by atoms with Crippen LogP contribution in [0.1, 0.15) is 63.5 Å². The van der Waals surface area contributed by atoms with Crippen LogP contribution in [-0.2, 0) is 5.41 Å². The molecule has 2 heterocycles. The third-order valence-electron chi connectivity index (χ3n) is 9.34. The molecule has 3 heteroatoms. The standard InChI is InChI=1S/C40H36N2O/c1-40(2,3)29-21-23-35(33(25-29)27-14-5-4-6-15-27)42-36-19-10-9-18-34(36)41-39(42)32-17-11-16-31-30-22-20-28(26-12-7-8-13-26)24-37(30)43-38(31)32/h4-6,9-11,14-26H,7-8,12-13H2,1-3H3. The van der Waals surface area contributed by atoms with Crippen molar-refractivity contribution in [3.63, 3.8) is 0 Å². The third kappa shape index (κ3) is 4.38. The number of fused-ring (bicyclic) bond motifs is 4. The highest BCUT2D eigenvalue weighted by Crippen LogP contribution is 2.42. The SMILES string of the molecule is CC(C)(C)c1ccc(-n2c(-c3cccc4c3oc3cc(C5CCCC5)ccc34)nc3ccccc32)c(-c2ccccc2)c1. The number of benzene rings is 5. The first-order valence-corrected chi connectivity index (χ1v) is 15.6. The van der Waals surface area contributed by atoms with Gasteiger partial charge >= 0.3 is 0 Å². The van der Waals surface area contributed by atoms with E-state index in [2.05, 4.69) is 135 Å². The van der Waals surface area contributed by atoms with Crippen LogP contribution in [0, 0.1) is 0 Å². The van der Waals surface area contributed by atoms with Gasteiger partial charge in [0, 0.05) is 16.3 Å². The zero-order chi connectivity index (χ0) is 29.1. The number of rotatable bonds is 4. The Morgan fingerprint density at radius 2 is 1.51 bits per heavy atom. The molecule has 1 aliphatic rings. The van der Waals surface area contributed by atoms with Crippen molar-refractivity contribution in [2.24, 2.45) is 0 Å². The van der Waals surface area contributed by atoms with Gasteiger partial charge in [0.05, 0.1) is 22.3 Å². The lowest BCUT2D eigenvalue weighted by molar-refractivity contribution is 0.590. The lowest BCUT2D eigenvalue weighted by Crippen LogP contribution is -2.12. The maximum absolute atomic E-state index is 6.75. The molecular weight excluding hydrogens is 524 g/mol. The van der Waals surface area contributed by atoms with E-state index in [-0.39, 0.29) is 5.41 Å². The van der Waals surface area contributed by atoms with E-state index in [0.29, 0.717) is 5.92 Å². The minimum Gasteiger partial charge on any atom is -0.455 e. The second kappa shape index (κ2) is 9.98. The first-order valence-electron chi connectivity index (χ1n) is 15.6. The van der Waals surface area contributed by atoms with Crippen molar-refractivity contribution in [3.05, 3.63) is 120 Å². The van der Waals surface area contributed by atoms with E-state index in [1.165, 1.54) is 53.3 Å². The summed E-state index contributed by atoms with van der Waals surface area (Å²) >= 11 is 0. The van der Waals surface area contributed by atoms with E-state index >= 15 is 0 Å². The summed E-state index contributed by atoms with van der Waals surface area (Å²) in [4.78, 5) is 5.27. The predicted octanol–water partition coefficient (Wildman–Crippen LogP) is 11.2. The number of nitrogens with zero attached hydrogens (tertiary/aromatic N) is 2. The van der Waals surface area contributed by atoms with Crippen molar-refractivity contribution in [1.82, 2.24) is 9.55 Å². The van der Waals surface area contributed by atoms with Crippen LogP contribution in [0.15, 0.2) is 114 Å². The minimum absolute atomic E-state index is 0.0269. The summed E-state index contributed by atoms with van der Waals surface area (Å²) in [6, 6.07) is 39.4. The molecule has 0 bridgehead atoms. The molecule has 212 valence electrons. The van der Waals surface area contributed by atoms with Gasteiger partial charge in [-0.2, -0.15) is 0 Å². The molecule has 0 aliphatic heterocycles. The monoisotopic (exact) mass is 560 g/mol. The second-order valence-corrected chi connectivity index (χ2v) is 13.1. The Labute approximate surface area is 252 Å². The Morgan fingerprint density at radius 1 is 0.721 bits per heavy atom. The van der Waals surface area contributed by atoms with Gasteiger partial charge in [-0.1, -0.05) is 106 Å². The topological polar surface area (TPSA) is 31.0 Å². The van der Waals surface area contributed by atoms with Gasteiger partial charge in [-0.25, -0.2) is 4.98 Å². The summed E-state index contributed by atoms with van der Waals surface area (Å²) < 4.78 is 9.08. The lowest BCUT2D eigenvalue weighted by Gasteiger charge is -2.23. The number of aromatic nitrogens is 2. The van der Waals surface area contributed by atoms with Crippen LogP contribution in [-0.4, -0.2) is 9.55 Å². The molecule has 0 atom stereocenters. The Balaban J connectivity index is 1.39. The molecule has 1 saturated carbocycles. The third-order valence-corrected chi connectivity index (χ3v) is 9.34. The van der Waals surface area contributed by atoms with Gasteiger partial charge in [-0.05, 0) is 77.3 Å². The summed E-state index contributed by atoms with van der Waals surface area (Å²) in [5, 5.41) is 2.30. The van der Waals surface area contributed by atoms with Gasteiger partial charge < -0.3 is 4.42 Å². The molecular formula is C40H36N2O. The number of furan rings is 1. The molecule has 0 N–H and O–H groups in total. The Bertz CT molecular complexity index is 2120. The normalized spacial score (nSPS) is 14.4. The fourth-order valence-corrected chi connectivity index (χ4v) is 7.00. The Kier molecular flexibility index (Phi) is 6.04. The van der Waals surface area contributed by atoms with E-state index in [0.717, 1.165) is 44.7 Å². The molecule has 8 rings (SSSR count). The van der Waals surface area contributed by atoms with Crippen molar-refractivity contribution < 1.29 is 4.42 Å². The number of para-hydroxylation sites is 3. The zero-order valence-electron chi connectivity index (χ0n) is 25.1. The number of hydrogen-bond donors (Lipinski definition) is 0. The number of hydrogen-bond acceptors (Lipinski definition) is 2. The van der Waals surface area contributed by atoms with Crippen LogP contribution >= 0.6 is 0 Å². The lowest BCUT2D eigenvalue weighted by atomic mass is 9.85. The van der Waals surface area contributed by atoms with Gasteiger partial charge in [0.15, 0.2) is 0 Å². The summed E-state index contributed by atoms with van der Waals surface area (Å²) in [7, 11) is 0. The minimum atomic E-state index is 0.0269.